The quantitative estimate of drug-likeness (QED) is 0.585. The number of hydrogen-bond donors (Lipinski definition) is 1. The molecule has 0 bridgehead atoms. The van der Waals surface area contributed by atoms with E-state index in [1.165, 1.54) is 5.01 Å². The number of aromatic amines is 1. The van der Waals surface area contributed by atoms with Crippen molar-refractivity contribution in [2.24, 2.45) is 5.10 Å². The Hall–Kier alpha value is -3.12. The molecule has 1 fully saturated rings. The van der Waals surface area contributed by atoms with E-state index in [2.05, 4.69) is 4.98 Å². The van der Waals surface area contributed by atoms with E-state index in [1.54, 1.807) is 13.2 Å². The lowest BCUT2D eigenvalue weighted by atomic mass is 9.92. The molecule has 1 atom stereocenters. The topological polar surface area (TPSA) is 74.8 Å². The van der Waals surface area contributed by atoms with Crippen LogP contribution in [-0.4, -0.2) is 28.7 Å². The molecular formula is C25H24ClN3O3. The smallest absolute Gasteiger partial charge is 0.257 e. The maximum absolute atomic E-state index is 13.2. The summed E-state index contributed by atoms with van der Waals surface area (Å²) >= 11 is 6.29. The molecule has 0 saturated heterocycles. The van der Waals surface area contributed by atoms with E-state index in [1.807, 2.05) is 43.3 Å². The van der Waals surface area contributed by atoms with Crippen LogP contribution in [0.5, 0.6) is 5.75 Å². The Bertz CT molecular complexity index is 1290. The van der Waals surface area contributed by atoms with Gasteiger partial charge in [0.05, 0.1) is 24.4 Å². The monoisotopic (exact) mass is 449 g/mol. The maximum Gasteiger partial charge on any atom is 0.257 e. The first-order valence-electron chi connectivity index (χ1n) is 10.9. The molecule has 6 nitrogen and oxygen atoms in total. The minimum atomic E-state index is -0.259. The van der Waals surface area contributed by atoms with Crippen LogP contribution in [0.4, 0.5) is 0 Å². The highest BCUT2D eigenvalue weighted by Gasteiger charge is 2.37. The van der Waals surface area contributed by atoms with Gasteiger partial charge in [-0.1, -0.05) is 30.7 Å². The molecule has 2 heterocycles. The number of hydrazone groups is 1. The summed E-state index contributed by atoms with van der Waals surface area (Å²) in [7, 11) is 1.62. The predicted octanol–water partition coefficient (Wildman–Crippen LogP) is 5.16. The van der Waals surface area contributed by atoms with Crippen LogP contribution < -0.4 is 10.3 Å². The normalized spacial score (nSPS) is 18.2. The zero-order valence-corrected chi connectivity index (χ0v) is 18.8. The van der Waals surface area contributed by atoms with Gasteiger partial charge in [0.15, 0.2) is 0 Å². The summed E-state index contributed by atoms with van der Waals surface area (Å²) in [6.45, 7) is 1.82. The number of aromatic nitrogens is 1. The molecule has 3 aromatic rings. The number of pyridine rings is 1. The fourth-order valence-electron chi connectivity index (χ4n) is 4.51. The molecular weight excluding hydrogens is 426 g/mol. The Morgan fingerprint density at radius 1 is 1.22 bits per heavy atom. The minimum Gasteiger partial charge on any atom is -0.497 e. The zero-order chi connectivity index (χ0) is 22.4. The summed E-state index contributed by atoms with van der Waals surface area (Å²) in [4.78, 5) is 29.0. The summed E-state index contributed by atoms with van der Waals surface area (Å²) in [5.74, 6) is 0.987. The number of carbonyl (C=O) groups excluding carboxylic acids is 1. The Labute approximate surface area is 190 Å². The van der Waals surface area contributed by atoms with Gasteiger partial charge in [0.1, 0.15) is 5.75 Å². The van der Waals surface area contributed by atoms with Crippen molar-refractivity contribution >= 4 is 34.1 Å². The SMILES string of the molecule is CCC(=O)N1N=C(c2c(C3CC3)c3cc(Cl)ccc3[nH]c2=O)CC1c1ccc(OC)cc1. The highest BCUT2D eigenvalue weighted by Crippen LogP contribution is 2.45. The third kappa shape index (κ3) is 3.58. The molecule has 5 rings (SSSR count). The van der Waals surface area contributed by atoms with Crippen molar-refractivity contribution in [2.75, 3.05) is 7.11 Å². The van der Waals surface area contributed by atoms with E-state index in [0.717, 1.165) is 40.6 Å². The number of nitrogens with one attached hydrogen (secondary N) is 1. The second-order valence-corrected chi connectivity index (χ2v) is 8.78. The van der Waals surface area contributed by atoms with Gasteiger partial charge in [-0.2, -0.15) is 5.10 Å². The number of amides is 1. The Morgan fingerprint density at radius 2 is 1.97 bits per heavy atom. The van der Waals surface area contributed by atoms with Crippen LogP contribution in [0.1, 0.15) is 61.3 Å². The lowest BCUT2D eigenvalue weighted by Gasteiger charge is -2.21. The van der Waals surface area contributed by atoms with Gasteiger partial charge in [-0.3, -0.25) is 9.59 Å². The molecule has 2 aliphatic rings. The number of H-pyrrole nitrogens is 1. The van der Waals surface area contributed by atoms with Crippen LogP contribution in [-0.2, 0) is 4.79 Å². The summed E-state index contributed by atoms with van der Waals surface area (Å²) in [6.07, 6.45) is 2.88. The highest BCUT2D eigenvalue weighted by molar-refractivity contribution is 6.31. The van der Waals surface area contributed by atoms with Crippen molar-refractivity contribution in [1.29, 1.82) is 0 Å². The fourth-order valence-corrected chi connectivity index (χ4v) is 4.68. The molecule has 2 aromatic carbocycles. The summed E-state index contributed by atoms with van der Waals surface area (Å²) in [5.41, 5.74) is 3.81. The molecule has 7 heteroatoms. The molecule has 1 saturated carbocycles. The largest absolute Gasteiger partial charge is 0.497 e. The summed E-state index contributed by atoms with van der Waals surface area (Å²) < 4.78 is 5.27. The highest BCUT2D eigenvalue weighted by atomic mass is 35.5. The number of methoxy groups -OCH3 is 1. The average Bonchev–Trinajstić information content (AvgIpc) is 3.56. The molecule has 1 aliphatic carbocycles. The number of rotatable bonds is 5. The number of carbonyl (C=O) groups is 1. The zero-order valence-electron chi connectivity index (χ0n) is 18.0. The molecule has 32 heavy (non-hydrogen) atoms. The van der Waals surface area contributed by atoms with E-state index in [9.17, 15) is 9.59 Å². The molecule has 0 spiro atoms. The first kappa shape index (κ1) is 20.8. The van der Waals surface area contributed by atoms with Gasteiger partial charge in [0.25, 0.3) is 5.56 Å². The van der Waals surface area contributed by atoms with Gasteiger partial charge in [0.2, 0.25) is 5.91 Å². The first-order valence-corrected chi connectivity index (χ1v) is 11.3. The molecule has 0 radical (unpaired) electrons. The number of fused-ring (bicyclic) bond motifs is 1. The van der Waals surface area contributed by atoms with Crippen LogP contribution in [0, 0.1) is 0 Å². The number of benzene rings is 2. The van der Waals surface area contributed by atoms with Crippen molar-refractivity contribution in [3.05, 3.63) is 74.5 Å². The van der Waals surface area contributed by atoms with E-state index in [-0.39, 0.29) is 17.5 Å². The van der Waals surface area contributed by atoms with Crippen molar-refractivity contribution in [1.82, 2.24) is 9.99 Å². The van der Waals surface area contributed by atoms with Gasteiger partial charge < -0.3 is 9.72 Å². The Balaban J connectivity index is 1.64. The lowest BCUT2D eigenvalue weighted by molar-refractivity contribution is -0.132. The van der Waals surface area contributed by atoms with Gasteiger partial charge >= 0.3 is 0 Å². The van der Waals surface area contributed by atoms with Crippen LogP contribution >= 0.6 is 11.6 Å². The minimum absolute atomic E-state index is 0.0750. The van der Waals surface area contributed by atoms with E-state index in [4.69, 9.17) is 21.4 Å². The Kier molecular flexibility index (Phi) is 5.25. The van der Waals surface area contributed by atoms with Crippen LogP contribution in [0.15, 0.2) is 52.4 Å². The molecule has 1 aromatic heterocycles. The van der Waals surface area contributed by atoms with Crippen molar-refractivity contribution < 1.29 is 9.53 Å². The number of ether oxygens (including phenoxy) is 1. The third-order valence-electron chi connectivity index (χ3n) is 6.26. The summed E-state index contributed by atoms with van der Waals surface area (Å²) in [5, 5.41) is 7.83. The van der Waals surface area contributed by atoms with E-state index < -0.39 is 0 Å². The van der Waals surface area contributed by atoms with E-state index >= 15 is 0 Å². The fraction of sp³-hybridized carbons (Fsp3) is 0.320. The summed E-state index contributed by atoms with van der Waals surface area (Å²) in [6, 6.07) is 12.9. The number of hydrogen-bond acceptors (Lipinski definition) is 4. The Morgan fingerprint density at radius 3 is 2.62 bits per heavy atom. The van der Waals surface area contributed by atoms with Gasteiger partial charge in [-0.25, -0.2) is 5.01 Å². The van der Waals surface area contributed by atoms with Gasteiger partial charge in [0, 0.05) is 28.8 Å². The lowest BCUT2D eigenvalue weighted by Crippen LogP contribution is -2.26. The molecule has 164 valence electrons. The van der Waals surface area contributed by atoms with Gasteiger partial charge in [-0.15, -0.1) is 0 Å². The van der Waals surface area contributed by atoms with Crippen molar-refractivity contribution in [2.45, 2.75) is 44.6 Å². The van der Waals surface area contributed by atoms with Crippen LogP contribution in [0.25, 0.3) is 10.9 Å². The van der Waals surface area contributed by atoms with Crippen LogP contribution in [0.3, 0.4) is 0 Å². The first-order chi connectivity index (χ1) is 15.5. The van der Waals surface area contributed by atoms with Gasteiger partial charge in [-0.05, 0) is 60.2 Å². The molecule has 1 aliphatic heterocycles. The third-order valence-corrected chi connectivity index (χ3v) is 6.49. The molecule has 1 unspecified atom stereocenters. The second kappa shape index (κ2) is 8.10. The van der Waals surface area contributed by atoms with Crippen LogP contribution in [0.2, 0.25) is 5.02 Å². The number of halogens is 1. The number of nitrogens with zero attached hydrogens (tertiary/aromatic N) is 2. The standard InChI is InChI=1S/C25H24ClN3O3/c1-3-22(30)29-21(14-6-9-17(32-2)10-7-14)13-20(28-29)24-23(15-4-5-15)18-12-16(26)8-11-19(18)27-25(24)31/h6-12,15,21H,3-5,13H2,1-2H3,(H,27,31). The molecule has 1 N–H and O–H groups in total. The van der Waals surface area contributed by atoms with Crippen molar-refractivity contribution in [3.8, 4) is 5.75 Å². The maximum atomic E-state index is 13.2. The van der Waals surface area contributed by atoms with Crippen molar-refractivity contribution in [3.63, 3.8) is 0 Å². The second-order valence-electron chi connectivity index (χ2n) is 8.34. The predicted molar refractivity (Wildman–Crippen MR) is 126 cm³/mol. The van der Waals surface area contributed by atoms with E-state index in [0.29, 0.717) is 35.1 Å². The molecule has 1 amide bonds. The average molecular weight is 450 g/mol.